The van der Waals surface area contributed by atoms with Crippen molar-refractivity contribution in [3.05, 3.63) is 23.8 Å². The molecule has 0 radical (unpaired) electrons. The molecule has 0 spiro atoms. The lowest BCUT2D eigenvalue weighted by Gasteiger charge is -2.37. The minimum atomic E-state index is -0.675. The van der Waals surface area contributed by atoms with Gasteiger partial charge in [-0.25, -0.2) is 0 Å². The minimum Gasteiger partial charge on any atom is -0.493 e. The summed E-state index contributed by atoms with van der Waals surface area (Å²) < 4.78 is 11.7. The van der Waals surface area contributed by atoms with Crippen LogP contribution in [0, 0.1) is 12.8 Å². The highest BCUT2D eigenvalue weighted by Crippen LogP contribution is 2.36. The van der Waals surface area contributed by atoms with E-state index in [-0.39, 0.29) is 5.91 Å². The molecule has 1 saturated carbocycles. The van der Waals surface area contributed by atoms with Crippen LogP contribution in [0.3, 0.4) is 0 Å². The molecule has 0 bridgehead atoms. The Kier molecular flexibility index (Phi) is 7.30. The molecule has 4 heteroatoms. The van der Waals surface area contributed by atoms with E-state index < -0.39 is 5.60 Å². The number of hydrogen-bond acceptors (Lipinski definition) is 3. The summed E-state index contributed by atoms with van der Waals surface area (Å²) in [6, 6.07) is 5.83. The Morgan fingerprint density at radius 2 is 2.00 bits per heavy atom. The molecule has 0 aromatic heterocycles. The number of unbranched alkanes of at least 4 members (excludes halogenated alkanes) is 1. The Bertz CT molecular complexity index is 562. The summed E-state index contributed by atoms with van der Waals surface area (Å²) in [5, 5.41) is 3.07. The molecule has 2 rings (SSSR count). The molecule has 1 amide bonds. The molecule has 1 aromatic rings. The van der Waals surface area contributed by atoms with E-state index in [1.54, 1.807) is 0 Å². The lowest BCUT2D eigenvalue weighted by Crippen LogP contribution is -2.48. The highest BCUT2D eigenvalue weighted by atomic mass is 16.5. The molecule has 140 valence electrons. The molecule has 0 saturated heterocycles. The topological polar surface area (TPSA) is 47.6 Å². The Hall–Kier alpha value is -1.55. The minimum absolute atomic E-state index is 0.0136. The summed E-state index contributed by atoms with van der Waals surface area (Å²) in [4.78, 5) is 12.9. The molecular weight excluding hydrogens is 314 g/mol. The van der Waals surface area contributed by atoms with Gasteiger partial charge in [0.15, 0.2) is 0 Å². The van der Waals surface area contributed by atoms with Gasteiger partial charge in [0.2, 0.25) is 0 Å². The number of nitrogens with one attached hydrogen (secondary N) is 1. The van der Waals surface area contributed by atoms with Crippen LogP contribution in [0.25, 0.3) is 0 Å². The zero-order valence-corrected chi connectivity index (χ0v) is 16.2. The Balaban J connectivity index is 2.04. The molecule has 0 atom stereocenters. The molecular formula is C21H33NO3. The predicted molar refractivity (Wildman–Crippen MR) is 102 cm³/mol. The number of carbonyl (C=O) groups excluding carboxylic acids is 1. The monoisotopic (exact) mass is 347 g/mol. The van der Waals surface area contributed by atoms with Crippen molar-refractivity contribution in [2.45, 2.75) is 71.8 Å². The first-order valence-electron chi connectivity index (χ1n) is 9.69. The van der Waals surface area contributed by atoms with E-state index in [9.17, 15) is 4.79 Å². The number of hydrogen-bond donors (Lipinski definition) is 1. The maximum absolute atomic E-state index is 12.9. The number of rotatable bonds is 8. The normalized spacial score (nSPS) is 23.3. The Labute approximate surface area is 152 Å². The van der Waals surface area contributed by atoms with Gasteiger partial charge in [0.1, 0.15) is 11.4 Å². The molecule has 1 aromatic carbocycles. The number of amides is 1. The van der Waals surface area contributed by atoms with Gasteiger partial charge in [-0.15, -0.1) is 0 Å². The summed E-state index contributed by atoms with van der Waals surface area (Å²) in [5.74, 6) is 1.54. The van der Waals surface area contributed by atoms with Gasteiger partial charge in [-0.05, 0) is 75.6 Å². The van der Waals surface area contributed by atoms with Crippen LogP contribution in [-0.2, 0) is 9.53 Å². The molecule has 0 unspecified atom stereocenters. The standard InChI is InChI=1S/C21H33NO3/c1-5-7-14-24-19-9-8-18(15-17(19)4)22-20(23)21(25-6-2)12-10-16(3)11-13-21/h8-9,15-16H,5-7,10-14H2,1-4H3,(H,22,23). The van der Waals surface area contributed by atoms with Gasteiger partial charge in [0.05, 0.1) is 6.61 Å². The number of benzene rings is 1. The largest absolute Gasteiger partial charge is 0.493 e. The average Bonchev–Trinajstić information content (AvgIpc) is 2.59. The zero-order valence-electron chi connectivity index (χ0n) is 16.2. The SMILES string of the molecule is CCCCOc1ccc(NC(=O)C2(OCC)CCC(C)CC2)cc1C. The van der Waals surface area contributed by atoms with Crippen molar-refractivity contribution in [3.8, 4) is 5.75 Å². The molecule has 0 heterocycles. The summed E-state index contributed by atoms with van der Waals surface area (Å²) in [7, 11) is 0. The van der Waals surface area contributed by atoms with E-state index in [0.29, 0.717) is 12.5 Å². The van der Waals surface area contributed by atoms with Crippen molar-refractivity contribution >= 4 is 11.6 Å². The Morgan fingerprint density at radius 3 is 2.60 bits per heavy atom. The number of carbonyl (C=O) groups is 1. The van der Waals surface area contributed by atoms with Gasteiger partial charge in [-0.2, -0.15) is 0 Å². The molecule has 4 nitrogen and oxygen atoms in total. The van der Waals surface area contributed by atoms with E-state index in [1.807, 2.05) is 32.0 Å². The van der Waals surface area contributed by atoms with Gasteiger partial charge < -0.3 is 14.8 Å². The molecule has 1 fully saturated rings. The van der Waals surface area contributed by atoms with Crippen LogP contribution >= 0.6 is 0 Å². The molecule has 1 N–H and O–H groups in total. The van der Waals surface area contributed by atoms with Gasteiger partial charge in [0, 0.05) is 12.3 Å². The van der Waals surface area contributed by atoms with Gasteiger partial charge in [-0.3, -0.25) is 4.79 Å². The average molecular weight is 347 g/mol. The van der Waals surface area contributed by atoms with Crippen molar-refractivity contribution in [1.29, 1.82) is 0 Å². The third-order valence-corrected chi connectivity index (χ3v) is 5.10. The summed E-state index contributed by atoms with van der Waals surface area (Å²) in [5.41, 5.74) is 1.17. The number of ether oxygens (including phenoxy) is 2. The zero-order chi connectivity index (χ0) is 18.3. The predicted octanol–water partition coefficient (Wildman–Crippen LogP) is 5.10. The first-order chi connectivity index (χ1) is 12.0. The smallest absolute Gasteiger partial charge is 0.256 e. The fourth-order valence-electron chi connectivity index (χ4n) is 3.40. The van der Waals surface area contributed by atoms with Gasteiger partial charge in [-0.1, -0.05) is 20.3 Å². The van der Waals surface area contributed by atoms with Crippen molar-refractivity contribution in [1.82, 2.24) is 0 Å². The van der Waals surface area contributed by atoms with Crippen LogP contribution < -0.4 is 10.1 Å². The number of anilines is 1. The third-order valence-electron chi connectivity index (χ3n) is 5.10. The van der Waals surface area contributed by atoms with Crippen LogP contribution in [0.1, 0.15) is 64.9 Å². The highest BCUT2D eigenvalue weighted by molar-refractivity contribution is 5.97. The van der Waals surface area contributed by atoms with Crippen molar-refractivity contribution in [2.24, 2.45) is 5.92 Å². The van der Waals surface area contributed by atoms with E-state index in [2.05, 4.69) is 19.2 Å². The highest BCUT2D eigenvalue weighted by Gasteiger charge is 2.41. The van der Waals surface area contributed by atoms with E-state index in [1.165, 1.54) is 0 Å². The van der Waals surface area contributed by atoms with Crippen LogP contribution in [-0.4, -0.2) is 24.7 Å². The lowest BCUT2D eigenvalue weighted by molar-refractivity contribution is -0.146. The van der Waals surface area contributed by atoms with Crippen molar-refractivity contribution < 1.29 is 14.3 Å². The van der Waals surface area contributed by atoms with E-state index in [0.717, 1.165) is 62.1 Å². The van der Waals surface area contributed by atoms with Crippen LogP contribution in [0.15, 0.2) is 18.2 Å². The van der Waals surface area contributed by atoms with Gasteiger partial charge in [0.25, 0.3) is 5.91 Å². The van der Waals surface area contributed by atoms with E-state index in [4.69, 9.17) is 9.47 Å². The fraction of sp³-hybridized carbons (Fsp3) is 0.667. The first-order valence-corrected chi connectivity index (χ1v) is 9.69. The van der Waals surface area contributed by atoms with Crippen molar-refractivity contribution in [2.75, 3.05) is 18.5 Å². The quantitative estimate of drug-likeness (QED) is 0.666. The second-order valence-corrected chi connectivity index (χ2v) is 7.25. The summed E-state index contributed by atoms with van der Waals surface area (Å²) >= 11 is 0. The van der Waals surface area contributed by atoms with Crippen LogP contribution in [0.4, 0.5) is 5.69 Å². The van der Waals surface area contributed by atoms with Crippen LogP contribution in [0.2, 0.25) is 0 Å². The Morgan fingerprint density at radius 1 is 1.28 bits per heavy atom. The summed E-state index contributed by atoms with van der Waals surface area (Å²) in [6.45, 7) is 9.65. The second kappa shape index (κ2) is 9.23. The molecule has 1 aliphatic carbocycles. The fourth-order valence-corrected chi connectivity index (χ4v) is 3.40. The first kappa shape index (κ1) is 19.8. The molecule has 25 heavy (non-hydrogen) atoms. The maximum Gasteiger partial charge on any atom is 0.256 e. The van der Waals surface area contributed by atoms with Crippen LogP contribution in [0.5, 0.6) is 5.75 Å². The summed E-state index contributed by atoms with van der Waals surface area (Å²) in [6.07, 6.45) is 5.84. The second-order valence-electron chi connectivity index (χ2n) is 7.25. The lowest BCUT2D eigenvalue weighted by atomic mass is 9.78. The maximum atomic E-state index is 12.9. The third kappa shape index (κ3) is 5.21. The number of aryl methyl sites for hydroxylation is 1. The van der Waals surface area contributed by atoms with E-state index >= 15 is 0 Å². The molecule has 1 aliphatic rings. The molecule has 0 aliphatic heterocycles. The van der Waals surface area contributed by atoms with Gasteiger partial charge >= 0.3 is 0 Å². The van der Waals surface area contributed by atoms with Crippen molar-refractivity contribution in [3.63, 3.8) is 0 Å².